The highest BCUT2D eigenvalue weighted by molar-refractivity contribution is 5.80. The minimum atomic E-state index is -0.534. The molecule has 2 atom stereocenters. The molecule has 4 rings (SSSR count). The van der Waals surface area contributed by atoms with Gasteiger partial charge in [-0.3, -0.25) is 9.78 Å². The summed E-state index contributed by atoms with van der Waals surface area (Å²) in [5.74, 6) is 0.513. The van der Waals surface area contributed by atoms with Gasteiger partial charge in [0.2, 0.25) is 5.91 Å². The molecular weight excluding hydrogens is 342 g/mol. The predicted octanol–water partition coefficient (Wildman–Crippen LogP) is 2.01. The second kappa shape index (κ2) is 8.23. The lowest BCUT2D eigenvalue weighted by Crippen LogP contribution is -2.51. The lowest BCUT2D eigenvalue weighted by molar-refractivity contribution is -0.130. The van der Waals surface area contributed by atoms with E-state index in [4.69, 9.17) is 4.74 Å². The molecule has 2 fully saturated rings. The van der Waals surface area contributed by atoms with Crippen molar-refractivity contribution in [3.63, 3.8) is 0 Å². The minimum Gasteiger partial charge on any atom is -0.490 e. The molecular formula is C21H27N3O3. The fourth-order valence-corrected chi connectivity index (χ4v) is 4.06. The molecule has 0 unspecified atom stereocenters. The third-order valence-corrected chi connectivity index (χ3v) is 5.68. The summed E-state index contributed by atoms with van der Waals surface area (Å²) in [4.78, 5) is 16.8. The van der Waals surface area contributed by atoms with Crippen LogP contribution in [0.2, 0.25) is 0 Å². The van der Waals surface area contributed by atoms with E-state index in [1.807, 2.05) is 30.3 Å². The number of hydrogen-bond acceptors (Lipinski definition) is 5. The maximum absolute atomic E-state index is 12.4. The maximum Gasteiger partial charge on any atom is 0.227 e. The van der Waals surface area contributed by atoms with Gasteiger partial charge in [0.15, 0.2) is 0 Å². The Labute approximate surface area is 159 Å². The average Bonchev–Trinajstić information content (AvgIpc) is 2.70. The van der Waals surface area contributed by atoms with Crippen LogP contribution in [-0.2, 0) is 4.79 Å². The molecule has 1 aliphatic carbocycles. The van der Waals surface area contributed by atoms with Crippen molar-refractivity contribution in [2.45, 2.75) is 50.4 Å². The quantitative estimate of drug-likeness (QED) is 0.768. The number of amides is 1. The topological polar surface area (TPSA) is 83.5 Å². The van der Waals surface area contributed by atoms with Crippen molar-refractivity contribution in [2.75, 3.05) is 13.1 Å². The van der Waals surface area contributed by atoms with Crippen molar-refractivity contribution >= 4 is 16.8 Å². The molecule has 2 aromatic rings. The molecule has 1 amide bonds. The molecule has 1 saturated carbocycles. The molecule has 2 aliphatic rings. The van der Waals surface area contributed by atoms with Crippen LogP contribution < -0.4 is 15.4 Å². The number of benzene rings is 1. The maximum atomic E-state index is 12.4. The van der Waals surface area contributed by atoms with Crippen molar-refractivity contribution in [1.29, 1.82) is 0 Å². The van der Waals surface area contributed by atoms with Crippen molar-refractivity contribution in [2.24, 2.45) is 5.92 Å². The van der Waals surface area contributed by atoms with Gasteiger partial charge in [0.05, 0.1) is 23.6 Å². The van der Waals surface area contributed by atoms with Crippen molar-refractivity contribution in [3.8, 4) is 5.75 Å². The Morgan fingerprint density at radius 1 is 1.19 bits per heavy atom. The van der Waals surface area contributed by atoms with Crippen molar-refractivity contribution in [3.05, 3.63) is 36.5 Å². The second-order valence-corrected chi connectivity index (χ2v) is 7.62. The first-order valence-corrected chi connectivity index (χ1v) is 9.89. The third-order valence-electron chi connectivity index (χ3n) is 5.68. The normalized spacial score (nSPS) is 28.6. The fraction of sp³-hybridized carbons (Fsp3) is 0.524. The van der Waals surface area contributed by atoms with Gasteiger partial charge in [-0.25, -0.2) is 0 Å². The van der Waals surface area contributed by atoms with Gasteiger partial charge < -0.3 is 20.5 Å². The first kappa shape index (κ1) is 18.2. The van der Waals surface area contributed by atoms with Crippen LogP contribution >= 0.6 is 0 Å². The zero-order valence-corrected chi connectivity index (χ0v) is 15.4. The van der Waals surface area contributed by atoms with Gasteiger partial charge in [-0.15, -0.1) is 0 Å². The monoisotopic (exact) mass is 369 g/mol. The van der Waals surface area contributed by atoms with E-state index in [-0.39, 0.29) is 24.0 Å². The number of carbonyl (C=O) groups is 1. The van der Waals surface area contributed by atoms with Gasteiger partial charge in [-0.05, 0) is 62.9 Å². The van der Waals surface area contributed by atoms with Gasteiger partial charge in [-0.2, -0.15) is 0 Å². The molecule has 1 aromatic heterocycles. The number of pyridine rings is 1. The third kappa shape index (κ3) is 4.39. The molecule has 0 radical (unpaired) electrons. The van der Waals surface area contributed by atoms with E-state index in [2.05, 4.69) is 15.6 Å². The lowest BCUT2D eigenvalue weighted by atomic mass is 9.90. The van der Waals surface area contributed by atoms with Gasteiger partial charge in [0.1, 0.15) is 5.75 Å². The fourth-order valence-electron chi connectivity index (χ4n) is 4.06. The molecule has 3 N–H and O–H groups in total. The molecule has 27 heavy (non-hydrogen) atoms. The number of piperidine rings is 1. The van der Waals surface area contributed by atoms with Crippen molar-refractivity contribution < 1.29 is 14.6 Å². The number of aromatic nitrogens is 1. The number of fused-ring (bicyclic) bond motifs is 1. The van der Waals surface area contributed by atoms with Gasteiger partial charge in [-0.1, -0.05) is 6.07 Å². The van der Waals surface area contributed by atoms with Crippen LogP contribution in [0.3, 0.4) is 0 Å². The van der Waals surface area contributed by atoms with E-state index in [0.29, 0.717) is 13.0 Å². The van der Waals surface area contributed by atoms with E-state index in [1.54, 1.807) is 6.20 Å². The van der Waals surface area contributed by atoms with E-state index in [0.717, 1.165) is 48.9 Å². The number of ether oxygens (including phenoxy) is 1. The van der Waals surface area contributed by atoms with Crippen LogP contribution in [0.15, 0.2) is 36.5 Å². The first-order valence-electron chi connectivity index (χ1n) is 9.89. The number of nitrogens with one attached hydrogen (secondary N) is 2. The van der Waals surface area contributed by atoms with E-state index >= 15 is 0 Å². The van der Waals surface area contributed by atoms with Gasteiger partial charge in [0.25, 0.3) is 0 Å². The Hall–Kier alpha value is -2.18. The molecule has 2 heterocycles. The van der Waals surface area contributed by atoms with E-state index in [1.165, 1.54) is 0 Å². The smallest absolute Gasteiger partial charge is 0.227 e. The van der Waals surface area contributed by atoms with Crippen LogP contribution in [0.5, 0.6) is 5.75 Å². The van der Waals surface area contributed by atoms with Crippen LogP contribution in [0.1, 0.15) is 32.1 Å². The Bertz CT molecular complexity index is 789. The zero-order valence-electron chi connectivity index (χ0n) is 15.4. The molecule has 6 nitrogen and oxygen atoms in total. The lowest BCUT2D eigenvalue weighted by Gasteiger charge is -2.32. The highest BCUT2D eigenvalue weighted by atomic mass is 16.5. The molecule has 0 spiro atoms. The summed E-state index contributed by atoms with van der Waals surface area (Å²) in [6.45, 7) is 1.33. The molecule has 6 heteroatoms. The summed E-state index contributed by atoms with van der Waals surface area (Å²) in [6.07, 6.45) is 5.72. The van der Waals surface area contributed by atoms with Crippen LogP contribution in [0, 0.1) is 5.92 Å². The number of carbonyl (C=O) groups excluding carboxylic acids is 1. The number of hydrogen-bond donors (Lipinski definition) is 3. The Kier molecular flexibility index (Phi) is 5.55. The van der Waals surface area contributed by atoms with E-state index < -0.39 is 6.10 Å². The summed E-state index contributed by atoms with van der Waals surface area (Å²) in [5, 5.41) is 17.4. The summed E-state index contributed by atoms with van der Waals surface area (Å²) < 4.78 is 6.16. The van der Waals surface area contributed by atoms with Crippen LogP contribution in [-0.4, -0.2) is 47.3 Å². The SMILES string of the molecule is O=C(NC1CCC(Oc2ccc3ncccc3c2)CC1)[C@H]1CNCC[C@H]1O. The summed E-state index contributed by atoms with van der Waals surface area (Å²) >= 11 is 0. The Balaban J connectivity index is 1.27. The molecule has 1 aromatic carbocycles. The van der Waals surface area contributed by atoms with Crippen LogP contribution in [0.4, 0.5) is 0 Å². The molecule has 0 bridgehead atoms. The second-order valence-electron chi connectivity index (χ2n) is 7.62. The summed E-state index contributed by atoms with van der Waals surface area (Å²) in [5.41, 5.74) is 0.968. The van der Waals surface area contributed by atoms with E-state index in [9.17, 15) is 9.90 Å². The van der Waals surface area contributed by atoms with Crippen molar-refractivity contribution in [1.82, 2.24) is 15.6 Å². The van der Waals surface area contributed by atoms with Gasteiger partial charge >= 0.3 is 0 Å². The first-order chi connectivity index (χ1) is 13.2. The number of rotatable bonds is 4. The van der Waals surface area contributed by atoms with Gasteiger partial charge in [0, 0.05) is 24.2 Å². The molecule has 144 valence electrons. The average molecular weight is 369 g/mol. The summed E-state index contributed by atoms with van der Waals surface area (Å²) in [6, 6.07) is 10.1. The largest absolute Gasteiger partial charge is 0.490 e. The molecule has 1 saturated heterocycles. The number of nitrogens with zero attached hydrogens (tertiary/aromatic N) is 1. The molecule has 1 aliphatic heterocycles. The highest BCUT2D eigenvalue weighted by Crippen LogP contribution is 2.26. The predicted molar refractivity (Wildman–Crippen MR) is 104 cm³/mol. The number of aliphatic hydroxyl groups excluding tert-OH is 1. The van der Waals surface area contributed by atoms with Crippen LogP contribution in [0.25, 0.3) is 10.9 Å². The number of aliphatic hydroxyl groups is 1. The summed E-state index contributed by atoms with van der Waals surface area (Å²) in [7, 11) is 0. The zero-order chi connectivity index (χ0) is 18.6. The Morgan fingerprint density at radius 3 is 2.85 bits per heavy atom. The Morgan fingerprint density at radius 2 is 2.04 bits per heavy atom. The minimum absolute atomic E-state index is 0.0268. The highest BCUT2D eigenvalue weighted by Gasteiger charge is 2.31. The standard InChI is InChI=1S/C21H27N3O3/c25-20-9-11-22-13-18(20)21(26)24-15-3-5-16(6-4-15)27-17-7-8-19-14(12-17)2-1-10-23-19/h1-2,7-8,10,12,15-16,18,20,22,25H,3-6,9,11,13H2,(H,24,26)/t15?,16?,18-,20+/m0/s1.